The van der Waals surface area contributed by atoms with Crippen LogP contribution in [0.1, 0.15) is 79.1 Å². The summed E-state index contributed by atoms with van der Waals surface area (Å²) in [4.78, 5) is 0. The molecule has 0 amide bonds. The molecule has 0 saturated heterocycles. The van der Waals surface area contributed by atoms with Gasteiger partial charge in [0.2, 0.25) is 0 Å². The Morgan fingerprint density at radius 2 is 1.21 bits per heavy atom. The van der Waals surface area contributed by atoms with Crippen LogP contribution in [0.25, 0.3) is 0 Å². The molecule has 4 nitrogen and oxygen atoms in total. The zero-order chi connectivity index (χ0) is 20.0. The molecule has 1 rings (SSSR count). The Hall–Kier alpha value is 0.430. The second kappa shape index (κ2) is 17.1. The van der Waals surface area contributed by atoms with Crippen molar-refractivity contribution in [3.8, 4) is 5.75 Å². The third-order valence-corrected chi connectivity index (χ3v) is 5.74. The van der Waals surface area contributed by atoms with Gasteiger partial charge in [-0.1, -0.05) is 84.4 Å². The van der Waals surface area contributed by atoms with Gasteiger partial charge < -0.3 is 4.52 Å². The third-order valence-electron chi connectivity index (χ3n) is 4.31. The smallest absolute Gasteiger partial charge is 0.404 e. The van der Waals surface area contributed by atoms with Crippen molar-refractivity contribution in [2.24, 2.45) is 11.8 Å². The zero-order valence-electron chi connectivity index (χ0n) is 18.4. The van der Waals surface area contributed by atoms with E-state index in [1.54, 1.807) is 12.1 Å². The summed E-state index contributed by atoms with van der Waals surface area (Å²) in [6.07, 6.45) is 8.63. The first-order chi connectivity index (χ1) is 12.9. The average molecular weight is 439 g/mol. The van der Waals surface area contributed by atoms with E-state index in [2.05, 4.69) is 27.7 Å². The van der Waals surface area contributed by atoms with Gasteiger partial charge in [0, 0.05) is 37.7 Å². The van der Waals surface area contributed by atoms with E-state index in [9.17, 15) is 4.57 Å². The summed E-state index contributed by atoms with van der Waals surface area (Å²) in [5.74, 6) is 1.95. The van der Waals surface area contributed by atoms with Gasteiger partial charge in [-0.25, -0.2) is 4.57 Å². The van der Waals surface area contributed by atoms with Crippen LogP contribution in [0.15, 0.2) is 30.3 Å². The van der Waals surface area contributed by atoms with Crippen LogP contribution in [0.2, 0.25) is 0 Å². The maximum Gasteiger partial charge on any atom is 0.530 e. The van der Waals surface area contributed by atoms with Crippen LogP contribution < -0.4 is 4.52 Å². The molecule has 0 aliphatic carbocycles. The van der Waals surface area contributed by atoms with Gasteiger partial charge in [0.1, 0.15) is 5.75 Å². The average Bonchev–Trinajstić information content (AvgIpc) is 2.61. The molecule has 0 aliphatic heterocycles. The van der Waals surface area contributed by atoms with E-state index in [0.717, 1.165) is 37.5 Å². The van der Waals surface area contributed by atoms with E-state index in [1.165, 1.54) is 25.7 Å². The fourth-order valence-electron chi connectivity index (χ4n) is 2.72. The van der Waals surface area contributed by atoms with Crippen LogP contribution in [-0.2, 0) is 13.6 Å². The summed E-state index contributed by atoms with van der Waals surface area (Å²) in [7, 11) is -3.58. The van der Waals surface area contributed by atoms with Crippen molar-refractivity contribution in [3.63, 3.8) is 0 Å². The van der Waals surface area contributed by atoms with E-state index in [4.69, 9.17) is 13.6 Å². The number of rotatable bonds is 16. The Morgan fingerprint density at radius 1 is 0.750 bits per heavy atom. The Morgan fingerprint density at radius 3 is 1.64 bits per heavy atom. The predicted molar refractivity (Wildman–Crippen MR) is 119 cm³/mol. The molecule has 0 unspecified atom stereocenters. The molecule has 1 aromatic rings. The second-order valence-electron chi connectivity index (χ2n) is 8.00. The molecule has 0 heterocycles. The molecular weight excluding hydrogens is 399 g/mol. The van der Waals surface area contributed by atoms with Gasteiger partial charge in [-0.05, 0) is 36.8 Å². The third kappa shape index (κ3) is 15.3. The van der Waals surface area contributed by atoms with Crippen molar-refractivity contribution in [1.82, 2.24) is 0 Å². The number of phosphoric ester groups is 1. The van der Waals surface area contributed by atoms with Crippen molar-refractivity contribution in [3.05, 3.63) is 30.3 Å². The topological polar surface area (TPSA) is 44.8 Å². The van der Waals surface area contributed by atoms with E-state index in [0.29, 0.717) is 19.0 Å². The number of phosphoric acid groups is 1. The summed E-state index contributed by atoms with van der Waals surface area (Å²) in [6.45, 7) is 9.72. The van der Waals surface area contributed by atoms with Crippen molar-refractivity contribution < 1.29 is 18.1 Å². The molecule has 0 bridgehead atoms. The SMILES string of the molecule is CC(C)CCCCCOP(=O)(OCCCCCC(C)C)Oc1ccccc1.[Ca]. The fourth-order valence-corrected chi connectivity index (χ4v) is 3.98. The fraction of sp³-hybridized carbons (Fsp3) is 0.727. The summed E-state index contributed by atoms with van der Waals surface area (Å²) in [6, 6.07) is 9.12. The summed E-state index contributed by atoms with van der Waals surface area (Å²) >= 11 is 0. The van der Waals surface area contributed by atoms with Gasteiger partial charge in [-0.2, -0.15) is 0 Å². The molecule has 28 heavy (non-hydrogen) atoms. The number of hydrogen-bond donors (Lipinski definition) is 0. The van der Waals surface area contributed by atoms with Crippen LogP contribution in [-0.4, -0.2) is 51.0 Å². The van der Waals surface area contributed by atoms with Crippen molar-refractivity contribution in [1.29, 1.82) is 0 Å². The molecule has 6 heteroatoms. The molecule has 0 atom stereocenters. The molecule has 0 saturated carbocycles. The largest absolute Gasteiger partial charge is 0.530 e. The molecule has 0 aromatic heterocycles. The molecule has 0 aliphatic rings. The van der Waals surface area contributed by atoms with E-state index < -0.39 is 7.82 Å². The molecule has 0 N–H and O–H groups in total. The zero-order valence-corrected chi connectivity index (χ0v) is 21.5. The monoisotopic (exact) mass is 438 g/mol. The van der Waals surface area contributed by atoms with Crippen molar-refractivity contribution in [2.45, 2.75) is 79.1 Å². The Balaban J connectivity index is 0.00000729. The van der Waals surface area contributed by atoms with Gasteiger partial charge in [-0.3, -0.25) is 9.05 Å². The van der Waals surface area contributed by atoms with Crippen LogP contribution in [0.5, 0.6) is 5.75 Å². The van der Waals surface area contributed by atoms with Crippen molar-refractivity contribution in [2.75, 3.05) is 13.2 Å². The Labute approximate surface area is 202 Å². The Kier molecular flexibility index (Phi) is 17.4. The predicted octanol–water partition coefficient (Wildman–Crippen LogP) is 7.26. The second-order valence-corrected chi connectivity index (χ2v) is 9.60. The van der Waals surface area contributed by atoms with Gasteiger partial charge in [-0.15, -0.1) is 0 Å². The van der Waals surface area contributed by atoms with E-state index in [1.807, 2.05) is 18.2 Å². The number of hydrogen-bond acceptors (Lipinski definition) is 4. The van der Waals surface area contributed by atoms with Crippen LogP contribution in [0.3, 0.4) is 0 Å². The molecule has 2 radical (unpaired) electrons. The minimum Gasteiger partial charge on any atom is -0.404 e. The van der Waals surface area contributed by atoms with Gasteiger partial charge in [0.25, 0.3) is 0 Å². The number of benzene rings is 1. The Bertz CT molecular complexity index is 499. The first-order valence-corrected chi connectivity index (χ1v) is 12.0. The molecule has 158 valence electrons. The molecule has 0 spiro atoms. The molecule has 0 fully saturated rings. The first kappa shape index (κ1) is 28.4. The normalized spacial score (nSPS) is 11.6. The molecule has 1 aromatic carbocycles. The minimum atomic E-state index is -3.58. The number of para-hydroxylation sites is 1. The standard InChI is InChI=1S/C22H39O4P.Ca/c1-20(2)14-8-6-12-18-24-27(23,26-22-16-10-5-11-17-22)25-19-13-7-9-15-21(3)4;/h5,10-11,16-17,20-21H,6-9,12-15,18-19H2,1-4H3;. The van der Waals surface area contributed by atoms with Gasteiger partial charge in [0.15, 0.2) is 0 Å². The summed E-state index contributed by atoms with van der Waals surface area (Å²) < 4.78 is 29.8. The maximum absolute atomic E-state index is 13.0. The van der Waals surface area contributed by atoms with Crippen molar-refractivity contribution >= 4 is 45.6 Å². The minimum absolute atomic E-state index is 0. The van der Waals surface area contributed by atoms with Crippen LogP contribution in [0, 0.1) is 11.8 Å². The van der Waals surface area contributed by atoms with Gasteiger partial charge >= 0.3 is 7.82 Å². The van der Waals surface area contributed by atoms with E-state index in [-0.39, 0.29) is 37.7 Å². The maximum atomic E-state index is 13.0. The van der Waals surface area contributed by atoms with E-state index >= 15 is 0 Å². The quantitative estimate of drug-likeness (QED) is 0.155. The first-order valence-electron chi connectivity index (χ1n) is 10.5. The summed E-state index contributed by atoms with van der Waals surface area (Å²) in [5, 5.41) is 0. The van der Waals surface area contributed by atoms with Crippen LogP contribution in [0.4, 0.5) is 0 Å². The van der Waals surface area contributed by atoms with Crippen LogP contribution >= 0.6 is 7.82 Å². The number of unbranched alkanes of at least 4 members (excludes halogenated alkanes) is 4. The molecular formula is C22H39CaO4P. The summed E-state index contributed by atoms with van der Waals surface area (Å²) in [5.41, 5.74) is 0. The van der Waals surface area contributed by atoms with Gasteiger partial charge in [0.05, 0.1) is 13.2 Å².